The minimum atomic E-state index is -4.10. The number of amides is 1. The van der Waals surface area contributed by atoms with Crippen LogP contribution in [0.15, 0.2) is 59.6 Å². The molecule has 1 aliphatic rings. The van der Waals surface area contributed by atoms with E-state index in [2.05, 4.69) is 4.98 Å². The van der Waals surface area contributed by atoms with Crippen LogP contribution in [-0.4, -0.2) is 56.2 Å². The van der Waals surface area contributed by atoms with E-state index in [-0.39, 0.29) is 68.3 Å². The normalized spacial score (nSPS) is 15.1. The maximum Gasteiger partial charge on any atom is 0.264 e. The number of carbonyl (C=O) groups is 2. The highest BCUT2D eigenvalue weighted by molar-refractivity contribution is 7.92. The number of ketones is 1. The zero-order chi connectivity index (χ0) is 26.9. The lowest BCUT2D eigenvalue weighted by atomic mass is 10.0. The topological polar surface area (TPSA) is 96.9 Å². The van der Waals surface area contributed by atoms with Gasteiger partial charge in [-0.15, -0.1) is 0 Å². The van der Waals surface area contributed by atoms with Crippen molar-refractivity contribution in [1.29, 1.82) is 0 Å². The molecule has 0 saturated carbocycles. The molecule has 0 N–H and O–H groups in total. The molecule has 0 radical (unpaired) electrons. The molecule has 37 heavy (non-hydrogen) atoms. The lowest BCUT2D eigenvalue weighted by Crippen LogP contribution is -2.48. The summed E-state index contributed by atoms with van der Waals surface area (Å²) in [6.45, 7) is 1.46. The number of hydrogen-bond acceptors (Lipinski definition) is 6. The molecule has 194 valence electrons. The van der Waals surface area contributed by atoms with Crippen molar-refractivity contribution in [3.05, 3.63) is 80.9 Å². The molecule has 2 heterocycles. The van der Waals surface area contributed by atoms with Crippen LogP contribution in [0.2, 0.25) is 15.1 Å². The van der Waals surface area contributed by atoms with E-state index in [1.54, 1.807) is 31.3 Å². The van der Waals surface area contributed by atoms with E-state index in [1.165, 1.54) is 46.6 Å². The highest BCUT2D eigenvalue weighted by atomic mass is 35.5. The number of carbonyl (C=O) groups excluding carboxylic acids is 2. The fourth-order valence-electron chi connectivity index (χ4n) is 3.88. The zero-order valence-corrected chi connectivity index (χ0v) is 22.9. The predicted octanol–water partition coefficient (Wildman–Crippen LogP) is 4.90. The summed E-state index contributed by atoms with van der Waals surface area (Å²) in [6.07, 6.45) is 0.630. The largest absolute Gasteiger partial charge is 0.469 e. The molecule has 3 aromatic rings. The van der Waals surface area contributed by atoms with Crippen LogP contribution in [0, 0.1) is 0 Å². The smallest absolute Gasteiger partial charge is 0.264 e. The van der Waals surface area contributed by atoms with E-state index in [9.17, 15) is 18.0 Å². The second kappa shape index (κ2) is 10.9. The molecule has 0 bridgehead atoms. The van der Waals surface area contributed by atoms with Crippen molar-refractivity contribution in [1.82, 2.24) is 9.88 Å². The fourth-order valence-corrected chi connectivity index (χ4v) is 6.27. The van der Waals surface area contributed by atoms with Crippen molar-refractivity contribution in [3.8, 4) is 5.88 Å². The number of pyridine rings is 1. The number of hydrogen-bond donors (Lipinski definition) is 0. The Bertz CT molecular complexity index is 1460. The van der Waals surface area contributed by atoms with Gasteiger partial charge in [-0.1, -0.05) is 46.9 Å². The Kier molecular flexibility index (Phi) is 7.99. The van der Waals surface area contributed by atoms with Gasteiger partial charge in [-0.05, 0) is 42.0 Å². The van der Waals surface area contributed by atoms with E-state index < -0.39 is 16.1 Å². The highest BCUT2D eigenvalue weighted by Gasteiger charge is 2.36. The molecule has 0 spiro atoms. The molecule has 0 saturated heterocycles. The summed E-state index contributed by atoms with van der Waals surface area (Å²) in [7, 11) is -2.50. The molecule has 0 unspecified atom stereocenters. The Morgan fingerprint density at radius 1 is 1.11 bits per heavy atom. The van der Waals surface area contributed by atoms with Gasteiger partial charge in [-0.3, -0.25) is 13.9 Å². The summed E-state index contributed by atoms with van der Waals surface area (Å²) >= 11 is 18.4. The average Bonchev–Trinajstić information content (AvgIpc) is 2.83. The third-order valence-electron chi connectivity index (χ3n) is 5.81. The van der Waals surface area contributed by atoms with Gasteiger partial charge in [0.15, 0.2) is 5.78 Å². The van der Waals surface area contributed by atoms with Crippen molar-refractivity contribution < 1.29 is 22.7 Å². The molecular weight excluding hydrogens is 561 g/mol. The van der Waals surface area contributed by atoms with Crippen LogP contribution >= 0.6 is 34.8 Å². The summed E-state index contributed by atoms with van der Waals surface area (Å²) in [4.78, 5) is 30.5. The van der Waals surface area contributed by atoms with E-state index in [1.807, 2.05) is 0 Å². The third-order valence-corrected chi connectivity index (χ3v) is 8.45. The van der Waals surface area contributed by atoms with Crippen molar-refractivity contribution in [2.45, 2.75) is 24.3 Å². The highest BCUT2D eigenvalue weighted by Crippen LogP contribution is 2.37. The van der Waals surface area contributed by atoms with Gasteiger partial charge in [0, 0.05) is 31.6 Å². The number of sulfonamides is 1. The molecule has 12 heteroatoms. The van der Waals surface area contributed by atoms with Crippen LogP contribution in [0.5, 0.6) is 5.88 Å². The van der Waals surface area contributed by atoms with E-state index >= 15 is 0 Å². The number of anilines is 1. The van der Waals surface area contributed by atoms with Gasteiger partial charge in [0.05, 0.1) is 33.6 Å². The number of nitrogens with zero attached hydrogens (tertiary/aromatic N) is 3. The summed E-state index contributed by atoms with van der Waals surface area (Å²) in [5, 5.41) is 0.695. The molecule has 1 amide bonds. The number of aromatic nitrogens is 1. The molecule has 1 aromatic heterocycles. The lowest BCUT2D eigenvalue weighted by molar-refractivity contribution is -0.128. The molecule has 8 nitrogen and oxygen atoms in total. The molecule has 4 rings (SSSR count). The van der Waals surface area contributed by atoms with Crippen LogP contribution in [0.4, 0.5) is 5.69 Å². The van der Waals surface area contributed by atoms with Crippen LogP contribution in [0.3, 0.4) is 0 Å². The Labute approximate surface area is 229 Å². The van der Waals surface area contributed by atoms with Gasteiger partial charge in [-0.2, -0.15) is 0 Å². The Balaban J connectivity index is 1.73. The first-order valence-electron chi connectivity index (χ1n) is 11.1. The number of ether oxygens (including phenoxy) is 1. The van der Waals surface area contributed by atoms with E-state index in [4.69, 9.17) is 39.5 Å². The molecule has 2 aromatic carbocycles. The Hall–Kier alpha value is -2.85. The molecular formula is C25H22Cl3N3O5S. The Morgan fingerprint density at radius 2 is 1.78 bits per heavy atom. The first-order chi connectivity index (χ1) is 17.5. The number of benzene rings is 2. The van der Waals surface area contributed by atoms with Crippen LogP contribution < -0.4 is 9.04 Å². The van der Waals surface area contributed by atoms with Gasteiger partial charge in [0.1, 0.15) is 11.8 Å². The van der Waals surface area contributed by atoms with E-state index in [0.29, 0.717) is 5.56 Å². The third kappa shape index (κ3) is 5.85. The van der Waals surface area contributed by atoms with Crippen LogP contribution in [-0.2, 0) is 21.2 Å². The predicted molar refractivity (Wildman–Crippen MR) is 142 cm³/mol. The van der Waals surface area contributed by atoms with Crippen molar-refractivity contribution >= 4 is 62.2 Å². The number of Topliss-reactive ketones (excluding diaryl/α,β-unsaturated/α-hetero) is 1. The number of rotatable bonds is 7. The molecule has 1 aliphatic heterocycles. The minimum Gasteiger partial charge on any atom is -0.469 e. The fraction of sp³-hybridized carbons (Fsp3) is 0.240. The Morgan fingerprint density at radius 3 is 2.43 bits per heavy atom. The summed E-state index contributed by atoms with van der Waals surface area (Å²) in [6, 6.07) is 12.2. The zero-order valence-electron chi connectivity index (χ0n) is 19.8. The van der Waals surface area contributed by atoms with Crippen molar-refractivity contribution in [2.24, 2.45) is 0 Å². The van der Waals surface area contributed by atoms with Gasteiger partial charge in [0.2, 0.25) is 11.8 Å². The number of likely N-dealkylation sites (N-methyl/N-ethyl adjacent to an activating group) is 1. The van der Waals surface area contributed by atoms with Crippen LogP contribution in [0.1, 0.15) is 22.8 Å². The van der Waals surface area contributed by atoms with Crippen molar-refractivity contribution in [3.63, 3.8) is 0 Å². The van der Waals surface area contributed by atoms with E-state index in [0.717, 1.165) is 0 Å². The molecule has 0 aliphatic carbocycles. The van der Waals surface area contributed by atoms with Gasteiger partial charge >= 0.3 is 0 Å². The average molecular weight is 583 g/mol. The maximum atomic E-state index is 13.7. The first-order valence-corrected chi connectivity index (χ1v) is 13.7. The quantitative estimate of drug-likeness (QED) is 0.368. The maximum absolute atomic E-state index is 13.7. The monoisotopic (exact) mass is 581 g/mol. The second-order valence-corrected chi connectivity index (χ2v) is 11.6. The minimum absolute atomic E-state index is 0.0177. The van der Waals surface area contributed by atoms with Crippen LogP contribution in [0.25, 0.3) is 0 Å². The number of halogens is 3. The lowest BCUT2D eigenvalue weighted by Gasteiger charge is -2.36. The second-order valence-electron chi connectivity index (χ2n) is 8.50. The summed E-state index contributed by atoms with van der Waals surface area (Å²) < 4.78 is 34.5. The van der Waals surface area contributed by atoms with Gasteiger partial charge < -0.3 is 9.64 Å². The summed E-state index contributed by atoms with van der Waals surface area (Å²) in [5.74, 6) is -0.483. The van der Waals surface area contributed by atoms with Gasteiger partial charge in [0.25, 0.3) is 10.0 Å². The van der Waals surface area contributed by atoms with Gasteiger partial charge in [-0.25, -0.2) is 13.4 Å². The number of fused-ring (bicyclic) bond motifs is 1. The van der Waals surface area contributed by atoms with Crippen molar-refractivity contribution in [2.75, 3.05) is 24.4 Å². The standard InChI is InChI=1S/C25H22Cl3N3O5S/c1-15(32)30(2)13-18-14-31(37(34,35)19-6-3-5-17(26)11-19)22-9-16(12-29-25(22)36-18)10-23(33)24-20(27)7-4-8-21(24)28/h3-9,11-12,18H,10,13-14H2,1-2H3/t18-/m0/s1. The summed E-state index contributed by atoms with van der Waals surface area (Å²) in [5.41, 5.74) is 0.779. The first kappa shape index (κ1) is 27.2. The molecule has 0 fully saturated rings. The molecule has 1 atom stereocenters. The SMILES string of the molecule is CC(=O)N(C)C[C@H]1CN(S(=O)(=O)c2cccc(Cl)c2)c2cc(CC(=O)c3c(Cl)cccc3Cl)cnc2O1.